The summed E-state index contributed by atoms with van der Waals surface area (Å²) in [6, 6.07) is 19.3. The standard InChI is InChI=1S/C35H30ClN3O7/c1-2-46-27-15-18(11-14-26(27)40)29-22-12-13-23-28(32(43)39(30(23)41)34(37)45)24(22)17-25-31(42)38(21-10-6-9-20(36)16-21)33(44)35(25,29)19-7-4-3-5-8-19/h3-12,14-16,23-25,28-29,40H,2,13,17H2,1H3,(H2,37,45)/t23-,24+,25-,28-,29-,35+/m0/s1. The number of primary amides is 1. The van der Waals surface area contributed by atoms with E-state index in [2.05, 4.69) is 0 Å². The number of carbonyl (C=O) groups excluding carboxylic acids is 5. The predicted octanol–water partition coefficient (Wildman–Crippen LogP) is 4.69. The Morgan fingerprint density at radius 2 is 1.74 bits per heavy atom. The van der Waals surface area contributed by atoms with E-state index < -0.39 is 64.7 Å². The molecule has 0 unspecified atom stereocenters. The van der Waals surface area contributed by atoms with Gasteiger partial charge in [-0.15, -0.1) is 0 Å². The maximum atomic E-state index is 15.2. The number of ether oxygens (including phenoxy) is 1. The fourth-order valence-electron chi connectivity index (χ4n) is 8.32. The smallest absolute Gasteiger partial charge is 0.328 e. The van der Waals surface area contributed by atoms with E-state index in [1.54, 1.807) is 43.3 Å². The summed E-state index contributed by atoms with van der Waals surface area (Å²) in [7, 11) is 0. The Kier molecular flexibility index (Phi) is 7.01. The van der Waals surface area contributed by atoms with Gasteiger partial charge in [0.1, 0.15) is 0 Å². The van der Waals surface area contributed by atoms with E-state index in [9.17, 15) is 24.3 Å². The summed E-state index contributed by atoms with van der Waals surface area (Å²) in [5.41, 5.74) is 6.20. The van der Waals surface area contributed by atoms with E-state index in [4.69, 9.17) is 22.1 Å². The van der Waals surface area contributed by atoms with Crippen LogP contribution in [0.4, 0.5) is 10.5 Å². The molecule has 4 aliphatic rings. The SMILES string of the molecule is CCOc1cc([C@H]2C3=CC[C@@H]4C(=O)N(C(N)=O)C(=O)[C@@H]4[C@@H]3C[C@H]3C(=O)N(c4cccc(Cl)c4)C(=O)[C@@]23c2ccccc2)ccc1O. The number of fused-ring (bicyclic) bond motifs is 4. The van der Waals surface area contributed by atoms with Crippen LogP contribution in [-0.2, 0) is 24.6 Å². The number of rotatable bonds is 5. The molecule has 3 N–H and O–H groups in total. The number of nitrogens with zero attached hydrogens (tertiary/aromatic N) is 2. The van der Waals surface area contributed by atoms with Gasteiger partial charge < -0.3 is 15.6 Å². The summed E-state index contributed by atoms with van der Waals surface area (Å²) >= 11 is 6.33. The first-order valence-corrected chi connectivity index (χ1v) is 15.5. The lowest BCUT2D eigenvalue weighted by atomic mass is 9.49. The number of hydrogen-bond acceptors (Lipinski definition) is 7. The molecule has 0 radical (unpaired) electrons. The van der Waals surface area contributed by atoms with Crippen LogP contribution >= 0.6 is 11.6 Å². The van der Waals surface area contributed by atoms with Crippen LogP contribution in [0.5, 0.6) is 11.5 Å². The molecule has 3 aromatic carbocycles. The number of hydrogen-bond donors (Lipinski definition) is 2. The van der Waals surface area contributed by atoms with Gasteiger partial charge in [-0.25, -0.2) is 9.69 Å². The summed E-state index contributed by atoms with van der Waals surface area (Å²) in [4.78, 5) is 70.7. The molecule has 2 aliphatic carbocycles. The molecule has 46 heavy (non-hydrogen) atoms. The number of halogens is 1. The first-order chi connectivity index (χ1) is 22.1. The van der Waals surface area contributed by atoms with Crippen molar-refractivity contribution in [3.63, 3.8) is 0 Å². The van der Waals surface area contributed by atoms with Crippen molar-refractivity contribution in [3.8, 4) is 11.5 Å². The van der Waals surface area contributed by atoms with Gasteiger partial charge in [0.05, 0.1) is 35.5 Å². The number of nitrogens with two attached hydrogens (primary N) is 1. The number of carbonyl (C=O) groups is 5. The fraction of sp³-hybridized carbons (Fsp3) is 0.286. The molecule has 2 aliphatic heterocycles. The van der Waals surface area contributed by atoms with Crippen molar-refractivity contribution < 1.29 is 33.8 Å². The van der Waals surface area contributed by atoms with E-state index in [-0.39, 0.29) is 30.9 Å². The lowest BCUT2D eigenvalue weighted by Crippen LogP contribution is -2.53. The average Bonchev–Trinajstić information content (AvgIpc) is 3.43. The van der Waals surface area contributed by atoms with Crippen molar-refractivity contribution >= 4 is 46.9 Å². The molecule has 3 fully saturated rings. The molecular formula is C35H30ClN3O7. The van der Waals surface area contributed by atoms with Crippen molar-refractivity contribution in [1.82, 2.24) is 4.90 Å². The number of allylic oxidation sites excluding steroid dienone is 2. The maximum absolute atomic E-state index is 15.2. The fourth-order valence-corrected chi connectivity index (χ4v) is 8.50. The third-order valence-corrected chi connectivity index (χ3v) is 10.2. The highest BCUT2D eigenvalue weighted by Crippen LogP contribution is 2.64. The molecule has 10 nitrogen and oxygen atoms in total. The number of phenols is 1. The summed E-state index contributed by atoms with van der Waals surface area (Å²) in [6.45, 7) is 2.05. The second kappa shape index (κ2) is 10.8. The zero-order chi connectivity index (χ0) is 32.5. The van der Waals surface area contributed by atoms with Gasteiger partial charge in [0, 0.05) is 10.9 Å². The average molecular weight is 640 g/mol. The zero-order valence-electron chi connectivity index (χ0n) is 24.8. The third kappa shape index (κ3) is 4.05. The van der Waals surface area contributed by atoms with Crippen molar-refractivity contribution in [3.05, 3.63) is 101 Å². The number of likely N-dealkylation sites (tertiary alicyclic amines) is 1. The molecule has 1 saturated carbocycles. The van der Waals surface area contributed by atoms with Gasteiger partial charge in [0.2, 0.25) is 23.6 Å². The Labute approximate surface area is 269 Å². The van der Waals surface area contributed by atoms with Gasteiger partial charge in [-0.3, -0.25) is 19.2 Å². The van der Waals surface area contributed by atoms with E-state index in [0.717, 1.165) is 0 Å². The van der Waals surface area contributed by atoms with Crippen LogP contribution in [0.2, 0.25) is 5.02 Å². The highest BCUT2D eigenvalue weighted by atomic mass is 35.5. The molecule has 7 rings (SSSR count). The van der Waals surface area contributed by atoms with Crippen molar-refractivity contribution in [2.45, 2.75) is 31.1 Å². The Hall–Kier alpha value is -4.96. The van der Waals surface area contributed by atoms with E-state index in [1.807, 2.05) is 36.4 Å². The number of benzene rings is 3. The second-order valence-corrected chi connectivity index (χ2v) is 12.5. The molecule has 6 atom stereocenters. The maximum Gasteiger partial charge on any atom is 0.328 e. The second-order valence-electron chi connectivity index (χ2n) is 12.1. The van der Waals surface area contributed by atoms with Crippen LogP contribution in [0.3, 0.4) is 0 Å². The molecule has 0 bridgehead atoms. The van der Waals surface area contributed by atoms with Crippen LogP contribution in [0.15, 0.2) is 84.4 Å². The third-order valence-electron chi connectivity index (χ3n) is 10.0. The van der Waals surface area contributed by atoms with Crippen LogP contribution in [0.25, 0.3) is 0 Å². The van der Waals surface area contributed by atoms with Crippen molar-refractivity contribution in [1.29, 1.82) is 0 Å². The Bertz CT molecular complexity index is 1860. The summed E-state index contributed by atoms with van der Waals surface area (Å²) in [5.74, 6) is -6.39. The van der Waals surface area contributed by atoms with Gasteiger partial charge in [0.15, 0.2) is 11.5 Å². The molecule has 11 heteroatoms. The molecule has 6 amide bonds. The van der Waals surface area contributed by atoms with Crippen molar-refractivity contribution in [2.24, 2.45) is 29.4 Å². The minimum Gasteiger partial charge on any atom is -0.504 e. The normalized spacial score (nSPS) is 28.5. The first-order valence-electron chi connectivity index (χ1n) is 15.1. The first kappa shape index (κ1) is 29.7. The number of urea groups is 1. The highest BCUT2D eigenvalue weighted by Gasteiger charge is 2.70. The van der Waals surface area contributed by atoms with Gasteiger partial charge in [-0.1, -0.05) is 65.7 Å². The van der Waals surface area contributed by atoms with E-state index in [1.165, 1.54) is 11.0 Å². The number of anilines is 1. The number of phenolic OH excluding ortho intramolecular Hbond substituents is 1. The molecule has 2 heterocycles. The molecule has 0 aromatic heterocycles. The van der Waals surface area contributed by atoms with Crippen LogP contribution in [0, 0.1) is 23.7 Å². The van der Waals surface area contributed by atoms with Gasteiger partial charge in [0.25, 0.3) is 0 Å². The monoisotopic (exact) mass is 639 g/mol. The van der Waals surface area contributed by atoms with Gasteiger partial charge >= 0.3 is 6.03 Å². The summed E-state index contributed by atoms with van der Waals surface area (Å²) < 4.78 is 5.74. The van der Waals surface area contributed by atoms with Crippen LogP contribution in [0.1, 0.15) is 36.8 Å². The Morgan fingerprint density at radius 3 is 2.43 bits per heavy atom. The van der Waals surface area contributed by atoms with E-state index >= 15 is 4.79 Å². The summed E-state index contributed by atoms with van der Waals surface area (Å²) in [6.07, 6.45) is 2.09. The lowest BCUT2D eigenvalue weighted by Gasteiger charge is -2.50. The van der Waals surface area contributed by atoms with Crippen LogP contribution in [-0.4, -0.2) is 46.3 Å². The topological polar surface area (TPSA) is 147 Å². The predicted molar refractivity (Wildman–Crippen MR) is 167 cm³/mol. The number of imide groups is 4. The zero-order valence-corrected chi connectivity index (χ0v) is 25.5. The Balaban J connectivity index is 1.51. The minimum absolute atomic E-state index is 0.0715. The number of amides is 6. The number of aromatic hydroxyl groups is 1. The molecule has 3 aromatic rings. The van der Waals surface area contributed by atoms with Gasteiger partial charge in [-0.2, -0.15) is 4.90 Å². The minimum atomic E-state index is -1.48. The lowest BCUT2D eigenvalue weighted by molar-refractivity contribution is -0.136. The highest BCUT2D eigenvalue weighted by molar-refractivity contribution is 6.32. The molecular weight excluding hydrogens is 610 g/mol. The van der Waals surface area contributed by atoms with Crippen molar-refractivity contribution in [2.75, 3.05) is 11.5 Å². The molecule has 0 spiro atoms. The van der Waals surface area contributed by atoms with Crippen LogP contribution < -0.4 is 15.4 Å². The molecule has 234 valence electrons. The summed E-state index contributed by atoms with van der Waals surface area (Å²) in [5, 5.41) is 11.0. The van der Waals surface area contributed by atoms with Gasteiger partial charge in [-0.05, 0) is 67.1 Å². The largest absolute Gasteiger partial charge is 0.504 e. The van der Waals surface area contributed by atoms with E-state index in [0.29, 0.717) is 32.3 Å². The molecule has 2 saturated heterocycles. The Morgan fingerprint density at radius 1 is 0.978 bits per heavy atom. The quantitative estimate of drug-likeness (QED) is 0.304.